The smallest absolute Gasteiger partial charge is 0.0562 e. The fourth-order valence-electron chi connectivity index (χ4n) is 9.73. The van der Waals surface area contributed by atoms with Crippen molar-refractivity contribution < 1.29 is 0 Å². The molecule has 10 aromatic carbocycles. The number of para-hydroxylation sites is 4. The molecule has 0 aliphatic carbocycles. The first-order valence-electron chi connectivity index (χ1n) is 21.6. The van der Waals surface area contributed by atoms with E-state index in [1.807, 2.05) is 0 Å². The molecule has 0 amide bonds. The fourth-order valence-corrected chi connectivity index (χ4v) is 9.73. The van der Waals surface area contributed by atoms with Crippen LogP contribution < -0.4 is 4.90 Å². The topological polar surface area (TPSA) is 13.1 Å². The van der Waals surface area contributed by atoms with Crippen molar-refractivity contribution >= 4 is 60.7 Å². The molecule has 2 heterocycles. The van der Waals surface area contributed by atoms with E-state index in [4.69, 9.17) is 0 Å². The Bertz CT molecular complexity index is 3600. The lowest BCUT2D eigenvalue weighted by Crippen LogP contribution is -2.12. The van der Waals surface area contributed by atoms with E-state index < -0.39 is 0 Å². The molecule has 3 heteroatoms. The van der Waals surface area contributed by atoms with E-state index in [0.717, 1.165) is 56.1 Å². The lowest BCUT2D eigenvalue weighted by Gasteiger charge is -2.29. The third kappa shape index (κ3) is 6.13. The summed E-state index contributed by atoms with van der Waals surface area (Å²) in [6.45, 7) is 0. The summed E-state index contributed by atoms with van der Waals surface area (Å²) < 4.78 is 4.87. The van der Waals surface area contributed by atoms with Crippen LogP contribution in [0.2, 0.25) is 0 Å². The molecular formula is C60H41N3. The average molecular weight is 804 g/mol. The van der Waals surface area contributed by atoms with Crippen molar-refractivity contribution in [3.63, 3.8) is 0 Å². The van der Waals surface area contributed by atoms with Gasteiger partial charge in [0.05, 0.1) is 39.1 Å². The molecule has 0 spiro atoms. The van der Waals surface area contributed by atoms with Gasteiger partial charge in [0.15, 0.2) is 0 Å². The van der Waals surface area contributed by atoms with Crippen LogP contribution in [0, 0.1) is 0 Å². The van der Waals surface area contributed by atoms with Gasteiger partial charge in [-0.05, 0) is 89.0 Å². The lowest BCUT2D eigenvalue weighted by molar-refractivity contribution is 1.18. The SMILES string of the molecule is c1ccc(-c2ccc(N(c3ccc4c5ccccc5n(-c5ccccc5)c4c3)c3cccc4c3c3ccccc3n4-c3ccccc3-c3ccccc3)c(-c3ccccc3)c2)cc1. The van der Waals surface area contributed by atoms with Crippen LogP contribution in [0.4, 0.5) is 17.1 Å². The van der Waals surface area contributed by atoms with Crippen molar-refractivity contribution in [3.05, 3.63) is 249 Å². The van der Waals surface area contributed by atoms with Crippen LogP contribution in [0.25, 0.3) is 88.4 Å². The summed E-state index contributed by atoms with van der Waals surface area (Å²) in [4.78, 5) is 2.51. The first kappa shape index (κ1) is 36.5. The maximum absolute atomic E-state index is 2.51. The van der Waals surface area contributed by atoms with E-state index in [1.165, 1.54) is 49.3 Å². The Kier molecular flexibility index (Phi) is 8.83. The highest BCUT2D eigenvalue weighted by Crippen LogP contribution is 2.49. The summed E-state index contributed by atoms with van der Waals surface area (Å²) in [5, 5.41) is 4.82. The van der Waals surface area contributed by atoms with E-state index in [-0.39, 0.29) is 0 Å². The molecule has 0 aliphatic rings. The summed E-state index contributed by atoms with van der Waals surface area (Å²) in [6, 6.07) is 90.3. The molecule has 2 aromatic heterocycles. The highest BCUT2D eigenvalue weighted by atomic mass is 15.2. The van der Waals surface area contributed by atoms with Crippen molar-refractivity contribution in [2.75, 3.05) is 4.90 Å². The molecule has 0 saturated heterocycles. The number of fused-ring (bicyclic) bond motifs is 6. The molecular weight excluding hydrogens is 763 g/mol. The predicted molar refractivity (Wildman–Crippen MR) is 266 cm³/mol. The maximum atomic E-state index is 2.51. The van der Waals surface area contributed by atoms with Gasteiger partial charge in [-0.1, -0.05) is 182 Å². The van der Waals surface area contributed by atoms with Gasteiger partial charge >= 0.3 is 0 Å². The zero-order valence-electron chi connectivity index (χ0n) is 34.5. The van der Waals surface area contributed by atoms with Gasteiger partial charge in [0.25, 0.3) is 0 Å². The van der Waals surface area contributed by atoms with Crippen molar-refractivity contribution in [1.82, 2.24) is 9.13 Å². The molecule has 12 rings (SSSR count). The van der Waals surface area contributed by atoms with E-state index in [1.54, 1.807) is 0 Å². The van der Waals surface area contributed by atoms with E-state index in [0.29, 0.717) is 0 Å². The summed E-state index contributed by atoms with van der Waals surface area (Å²) in [5.41, 5.74) is 17.2. The Morgan fingerprint density at radius 2 is 0.841 bits per heavy atom. The number of hydrogen-bond acceptors (Lipinski definition) is 1. The molecule has 0 radical (unpaired) electrons. The van der Waals surface area contributed by atoms with Gasteiger partial charge in [0.1, 0.15) is 0 Å². The first-order valence-corrected chi connectivity index (χ1v) is 21.6. The fraction of sp³-hybridized carbons (Fsp3) is 0. The normalized spacial score (nSPS) is 11.5. The summed E-state index contributed by atoms with van der Waals surface area (Å²) in [6.07, 6.45) is 0. The molecule has 0 bridgehead atoms. The van der Waals surface area contributed by atoms with E-state index >= 15 is 0 Å². The third-order valence-electron chi connectivity index (χ3n) is 12.5. The molecule has 0 aliphatic heterocycles. The highest BCUT2D eigenvalue weighted by Gasteiger charge is 2.25. The minimum absolute atomic E-state index is 1.07. The Balaban J connectivity index is 1.19. The van der Waals surface area contributed by atoms with E-state index in [9.17, 15) is 0 Å². The molecule has 12 aromatic rings. The first-order chi connectivity index (χ1) is 31.3. The van der Waals surface area contributed by atoms with Gasteiger partial charge < -0.3 is 14.0 Å². The lowest BCUT2D eigenvalue weighted by atomic mass is 9.96. The predicted octanol–water partition coefficient (Wildman–Crippen LogP) is 16.4. The number of anilines is 3. The molecule has 0 N–H and O–H groups in total. The summed E-state index contributed by atoms with van der Waals surface area (Å²) in [5.74, 6) is 0. The van der Waals surface area contributed by atoms with Gasteiger partial charge in [-0.25, -0.2) is 0 Å². The molecule has 296 valence electrons. The van der Waals surface area contributed by atoms with Crippen LogP contribution in [0.5, 0.6) is 0 Å². The van der Waals surface area contributed by atoms with Crippen LogP contribution in [-0.4, -0.2) is 9.13 Å². The monoisotopic (exact) mass is 803 g/mol. The van der Waals surface area contributed by atoms with Gasteiger partial charge in [0.2, 0.25) is 0 Å². The second kappa shape index (κ2) is 15.3. The van der Waals surface area contributed by atoms with Crippen LogP contribution in [-0.2, 0) is 0 Å². The number of benzene rings is 10. The Morgan fingerprint density at radius 3 is 1.57 bits per heavy atom. The highest BCUT2D eigenvalue weighted by molar-refractivity contribution is 6.18. The minimum Gasteiger partial charge on any atom is -0.309 e. The Labute approximate surface area is 366 Å². The zero-order chi connectivity index (χ0) is 41.7. The number of hydrogen-bond donors (Lipinski definition) is 0. The van der Waals surface area contributed by atoms with Gasteiger partial charge in [-0.2, -0.15) is 0 Å². The van der Waals surface area contributed by atoms with Gasteiger partial charge in [-0.15, -0.1) is 0 Å². The number of aromatic nitrogens is 2. The van der Waals surface area contributed by atoms with E-state index in [2.05, 4.69) is 263 Å². The Hall–Kier alpha value is -8.40. The summed E-state index contributed by atoms with van der Waals surface area (Å²) in [7, 11) is 0. The second-order valence-electron chi connectivity index (χ2n) is 16.1. The maximum Gasteiger partial charge on any atom is 0.0562 e. The molecule has 0 unspecified atom stereocenters. The number of rotatable bonds is 8. The van der Waals surface area contributed by atoms with Crippen LogP contribution in [0.3, 0.4) is 0 Å². The van der Waals surface area contributed by atoms with Crippen molar-refractivity contribution in [3.8, 4) is 44.8 Å². The average Bonchev–Trinajstić information content (AvgIpc) is 3.88. The number of nitrogens with zero attached hydrogens (tertiary/aromatic N) is 3. The van der Waals surface area contributed by atoms with Crippen LogP contribution in [0.1, 0.15) is 0 Å². The zero-order valence-corrected chi connectivity index (χ0v) is 34.5. The third-order valence-corrected chi connectivity index (χ3v) is 12.5. The van der Waals surface area contributed by atoms with Crippen LogP contribution in [0.15, 0.2) is 249 Å². The quantitative estimate of drug-likeness (QED) is 0.149. The molecule has 3 nitrogen and oxygen atoms in total. The van der Waals surface area contributed by atoms with Crippen molar-refractivity contribution in [1.29, 1.82) is 0 Å². The Morgan fingerprint density at radius 1 is 0.286 bits per heavy atom. The molecule has 0 saturated carbocycles. The largest absolute Gasteiger partial charge is 0.309 e. The standard InChI is InChI=1S/C60H41N3/c1-5-20-42(21-6-1)45-36-39-56(52(40-45)44-24-9-3-10-25-44)62(47-37-38-50-49-29-14-17-32-54(49)61(59(50)41-47)46-26-11-4-12-27-46)57-34-19-35-58-60(57)51-30-15-18-33-55(51)63(58)53-31-16-13-28-48(53)43-22-7-2-8-23-43/h1-41H. The minimum atomic E-state index is 1.07. The van der Waals surface area contributed by atoms with Crippen molar-refractivity contribution in [2.24, 2.45) is 0 Å². The molecule has 63 heavy (non-hydrogen) atoms. The van der Waals surface area contributed by atoms with Gasteiger partial charge in [-0.3, -0.25) is 0 Å². The van der Waals surface area contributed by atoms with Crippen LogP contribution >= 0.6 is 0 Å². The molecule has 0 fully saturated rings. The second-order valence-corrected chi connectivity index (χ2v) is 16.1. The molecule has 0 atom stereocenters. The van der Waals surface area contributed by atoms with Gasteiger partial charge in [0, 0.05) is 44.0 Å². The summed E-state index contributed by atoms with van der Waals surface area (Å²) >= 11 is 0. The van der Waals surface area contributed by atoms with Crippen molar-refractivity contribution in [2.45, 2.75) is 0 Å².